The number of fused-ring (bicyclic) bond motifs is 1. The third-order valence-electron chi connectivity index (χ3n) is 5.31. The van der Waals surface area contributed by atoms with E-state index in [0.717, 1.165) is 18.0 Å². The zero-order valence-electron chi connectivity index (χ0n) is 14.8. The molecule has 138 valence electrons. The van der Waals surface area contributed by atoms with E-state index in [-0.39, 0.29) is 5.82 Å². The van der Waals surface area contributed by atoms with Crippen molar-refractivity contribution >= 4 is 5.69 Å². The van der Waals surface area contributed by atoms with Gasteiger partial charge in [0, 0.05) is 12.6 Å². The largest absolute Gasteiger partial charge is 0.492 e. The molecule has 4 rings (SSSR count). The van der Waals surface area contributed by atoms with Gasteiger partial charge in [-0.1, -0.05) is 6.07 Å². The highest BCUT2D eigenvalue weighted by Crippen LogP contribution is 2.37. The van der Waals surface area contributed by atoms with Crippen LogP contribution in [0, 0.1) is 5.82 Å². The standard InChI is InChI=1S/C21H25FN2O2/c22-17-4-8-19(9-5-17)25-12-11-23-18-6-1-15(2-7-18)16-3-10-20-21(13-16)26-14-24-20/h3-5,8-10,13,15,18,23-24H,1-2,6-7,11-12,14H2. The predicted octanol–water partition coefficient (Wildman–Crippen LogP) is 4.28. The minimum atomic E-state index is -0.238. The summed E-state index contributed by atoms with van der Waals surface area (Å²) in [6.07, 6.45) is 4.75. The zero-order chi connectivity index (χ0) is 17.8. The van der Waals surface area contributed by atoms with E-state index in [0.29, 0.717) is 31.0 Å². The maximum absolute atomic E-state index is 12.9. The normalized spacial score (nSPS) is 21.6. The van der Waals surface area contributed by atoms with Crippen LogP contribution < -0.4 is 20.1 Å². The molecule has 0 spiro atoms. The smallest absolute Gasteiger partial charge is 0.159 e. The van der Waals surface area contributed by atoms with E-state index in [1.165, 1.54) is 43.4 Å². The molecular formula is C21H25FN2O2. The van der Waals surface area contributed by atoms with E-state index in [4.69, 9.17) is 9.47 Å². The molecule has 2 N–H and O–H groups in total. The highest BCUT2D eigenvalue weighted by molar-refractivity contribution is 5.60. The van der Waals surface area contributed by atoms with Crippen LogP contribution in [-0.4, -0.2) is 25.9 Å². The van der Waals surface area contributed by atoms with Crippen molar-refractivity contribution in [3.05, 3.63) is 53.8 Å². The van der Waals surface area contributed by atoms with E-state index in [1.54, 1.807) is 12.1 Å². The molecule has 26 heavy (non-hydrogen) atoms. The Labute approximate surface area is 153 Å². The number of rotatable bonds is 6. The minimum Gasteiger partial charge on any atom is -0.492 e. The van der Waals surface area contributed by atoms with E-state index >= 15 is 0 Å². The van der Waals surface area contributed by atoms with Gasteiger partial charge in [0.25, 0.3) is 0 Å². The summed E-state index contributed by atoms with van der Waals surface area (Å²) in [7, 11) is 0. The molecule has 1 saturated carbocycles. The van der Waals surface area contributed by atoms with Crippen molar-refractivity contribution in [2.75, 3.05) is 25.2 Å². The summed E-state index contributed by atoms with van der Waals surface area (Å²) in [6, 6.07) is 13.3. The molecule has 2 aliphatic rings. The lowest BCUT2D eigenvalue weighted by molar-refractivity contribution is 0.282. The molecule has 0 atom stereocenters. The molecule has 0 bridgehead atoms. The summed E-state index contributed by atoms with van der Waals surface area (Å²) in [6.45, 7) is 1.99. The van der Waals surface area contributed by atoms with Crippen molar-refractivity contribution in [2.24, 2.45) is 0 Å². The summed E-state index contributed by atoms with van der Waals surface area (Å²) < 4.78 is 24.1. The molecule has 1 aliphatic carbocycles. The first-order chi connectivity index (χ1) is 12.8. The molecule has 5 heteroatoms. The quantitative estimate of drug-likeness (QED) is 0.758. The zero-order valence-corrected chi connectivity index (χ0v) is 14.8. The summed E-state index contributed by atoms with van der Waals surface area (Å²) >= 11 is 0. The molecule has 1 fully saturated rings. The average molecular weight is 356 g/mol. The van der Waals surface area contributed by atoms with Gasteiger partial charge in [0.15, 0.2) is 6.73 Å². The molecule has 0 aromatic heterocycles. The van der Waals surface area contributed by atoms with Crippen LogP contribution >= 0.6 is 0 Å². The molecule has 0 radical (unpaired) electrons. The SMILES string of the molecule is Fc1ccc(OCCNC2CCC(c3ccc4c(c3)OCN4)CC2)cc1. The Morgan fingerprint density at radius 3 is 2.69 bits per heavy atom. The number of halogens is 1. The third kappa shape index (κ3) is 4.10. The third-order valence-corrected chi connectivity index (χ3v) is 5.31. The molecule has 4 nitrogen and oxygen atoms in total. The lowest BCUT2D eigenvalue weighted by atomic mass is 9.81. The van der Waals surface area contributed by atoms with Crippen molar-refractivity contribution in [3.63, 3.8) is 0 Å². The van der Waals surface area contributed by atoms with Gasteiger partial charge >= 0.3 is 0 Å². The first-order valence-electron chi connectivity index (χ1n) is 9.40. The van der Waals surface area contributed by atoms with Crippen molar-refractivity contribution in [2.45, 2.75) is 37.6 Å². The topological polar surface area (TPSA) is 42.5 Å². The van der Waals surface area contributed by atoms with E-state index in [2.05, 4.69) is 28.8 Å². The molecule has 0 unspecified atom stereocenters. The van der Waals surface area contributed by atoms with Crippen molar-refractivity contribution in [3.8, 4) is 11.5 Å². The first-order valence-corrected chi connectivity index (χ1v) is 9.40. The van der Waals surface area contributed by atoms with Crippen LogP contribution in [0.5, 0.6) is 11.5 Å². The van der Waals surface area contributed by atoms with Crippen molar-refractivity contribution in [1.29, 1.82) is 0 Å². The summed E-state index contributed by atoms with van der Waals surface area (Å²) in [5, 5.41) is 6.80. The van der Waals surface area contributed by atoms with Gasteiger partial charge in [-0.3, -0.25) is 0 Å². The van der Waals surface area contributed by atoms with E-state index in [1.807, 2.05) is 0 Å². The van der Waals surface area contributed by atoms with Crippen LogP contribution in [0.15, 0.2) is 42.5 Å². The maximum Gasteiger partial charge on any atom is 0.159 e. The Balaban J connectivity index is 1.18. The predicted molar refractivity (Wildman–Crippen MR) is 100 cm³/mol. The Bertz CT molecular complexity index is 727. The number of hydrogen-bond donors (Lipinski definition) is 2. The fraction of sp³-hybridized carbons (Fsp3) is 0.429. The van der Waals surface area contributed by atoms with Gasteiger partial charge in [-0.05, 0) is 73.6 Å². The van der Waals surface area contributed by atoms with Gasteiger partial charge < -0.3 is 20.1 Å². The Kier molecular flexibility index (Phi) is 5.25. The van der Waals surface area contributed by atoms with Gasteiger partial charge in [-0.15, -0.1) is 0 Å². The summed E-state index contributed by atoms with van der Waals surface area (Å²) in [4.78, 5) is 0. The van der Waals surface area contributed by atoms with Gasteiger partial charge in [-0.2, -0.15) is 0 Å². The van der Waals surface area contributed by atoms with E-state index < -0.39 is 0 Å². The summed E-state index contributed by atoms with van der Waals surface area (Å²) in [5.74, 6) is 2.09. The summed E-state index contributed by atoms with van der Waals surface area (Å²) in [5.41, 5.74) is 2.50. The molecule has 2 aromatic carbocycles. The fourth-order valence-electron chi connectivity index (χ4n) is 3.84. The molecule has 1 aliphatic heterocycles. The minimum absolute atomic E-state index is 0.238. The molecule has 0 saturated heterocycles. The first kappa shape index (κ1) is 17.2. The number of benzene rings is 2. The monoisotopic (exact) mass is 356 g/mol. The van der Waals surface area contributed by atoms with Gasteiger partial charge in [0.05, 0.1) is 5.69 Å². The molecule has 0 amide bonds. The van der Waals surface area contributed by atoms with Crippen LogP contribution in [-0.2, 0) is 0 Å². The van der Waals surface area contributed by atoms with Crippen molar-refractivity contribution < 1.29 is 13.9 Å². The Morgan fingerprint density at radius 1 is 1.08 bits per heavy atom. The fourth-order valence-corrected chi connectivity index (χ4v) is 3.84. The number of ether oxygens (including phenoxy) is 2. The van der Waals surface area contributed by atoms with Crippen LogP contribution in [0.2, 0.25) is 0 Å². The molecule has 2 aromatic rings. The Hall–Kier alpha value is -2.27. The van der Waals surface area contributed by atoms with Crippen LogP contribution in [0.3, 0.4) is 0 Å². The maximum atomic E-state index is 12.9. The highest BCUT2D eigenvalue weighted by atomic mass is 19.1. The van der Waals surface area contributed by atoms with Gasteiger partial charge in [0.2, 0.25) is 0 Å². The van der Waals surface area contributed by atoms with Crippen molar-refractivity contribution in [1.82, 2.24) is 5.32 Å². The molecule has 1 heterocycles. The number of hydrogen-bond acceptors (Lipinski definition) is 4. The lowest BCUT2D eigenvalue weighted by Crippen LogP contribution is -2.35. The second-order valence-electron chi connectivity index (χ2n) is 7.03. The Morgan fingerprint density at radius 2 is 1.88 bits per heavy atom. The van der Waals surface area contributed by atoms with Crippen LogP contribution in [0.25, 0.3) is 0 Å². The average Bonchev–Trinajstić information content (AvgIpc) is 3.15. The second kappa shape index (κ2) is 7.96. The van der Waals surface area contributed by atoms with Gasteiger partial charge in [-0.25, -0.2) is 4.39 Å². The molecular weight excluding hydrogens is 331 g/mol. The van der Waals surface area contributed by atoms with Crippen LogP contribution in [0.4, 0.5) is 10.1 Å². The lowest BCUT2D eigenvalue weighted by Gasteiger charge is -2.29. The van der Waals surface area contributed by atoms with Crippen LogP contribution in [0.1, 0.15) is 37.2 Å². The number of nitrogens with one attached hydrogen (secondary N) is 2. The van der Waals surface area contributed by atoms with E-state index in [9.17, 15) is 4.39 Å². The second-order valence-corrected chi connectivity index (χ2v) is 7.03. The highest BCUT2D eigenvalue weighted by Gasteiger charge is 2.23. The van der Waals surface area contributed by atoms with Gasteiger partial charge in [0.1, 0.15) is 23.9 Å². The number of anilines is 1.